The zero-order valence-corrected chi connectivity index (χ0v) is 15.4. The number of carbonyl (C=O) groups is 1. The number of furan rings is 1. The molecule has 0 N–H and O–H groups in total. The fraction of sp³-hybridized carbons (Fsp3) is 0.381. The number of esters is 1. The standard InChI is InChI=1S/C21H26O3/c1-7-23-20(22)17-13-19(24-15(17)3)18(21(4,5)6)12-16-10-8-14(2)9-11-16/h8-13H,7H2,1-6H3/b18-12+. The summed E-state index contributed by atoms with van der Waals surface area (Å²) in [6, 6.07) is 10.1. The summed E-state index contributed by atoms with van der Waals surface area (Å²) in [5, 5.41) is 0. The topological polar surface area (TPSA) is 39.4 Å². The van der Waals surface area contributed by atoms with E-state index in [1.165, 1.54) is 5.56 Å². The molecule has 1 heterocycles. The van der Waals surface area contributed by atoms with Gasteiger partial charge >= 0.3 is 5.97 Å². The van der Waals surface area contributed by atoms with Crippen molar-refractivity contribution in [2.24, 2.45) is 5.41 Å². The van der Waals surface area contributed by atoms with Gasteiger partial charge in [-0.25, -0.2) is 4.79 Å². The Hall–Kier alpha value is -2.29. The summed E-state index contributed by atoms with van der Waals surface area (Å²) in [5.41, 5.74) is 3.75. The van der Waals surface area contributed by atoms with Crippen molar-refractivity contribution in [1.29, 1.82) is 0 Å². The number of ether oxygens (including phenoxy) is 1. The van der Waals surface area contributed by atoms with E-state index in [4.69, 9.17) is 9.15 Å². The van der Waals surface area contributed by atoms with Crippen molar-refractivity contribution >= 4 is 17.6 Å². The molecule has 0 saturated heterocycles. The lowest BCUT2D eigenvalue weighted by molar-refractivity contribution is 0.0524. The minimum Gasteiger partial charge on any atom is -0.462 e. The van der Waals surface area contributed by atoms with Crippen LogP contribution in [0.4, 0.5) is 0 Å². The molecule has 0 bridgehead atoms. The van der Waals surface area contributed by atoms with Crippen LogP contribution in [0.5, 0.6) is 0 Å². The Morgan fingerprint density at radius 3 is 2.33 bits per heavy atom. The Morgan fingerprint density at radius 1 is 1.17 bits per heavy atom. The van der Waals surface area contributed by atoms with Crippen LogP contribution in [0.25, 0.3) is 11.6 Å². The molecular weight excluding hydrogens is 300 g/mol. The van der Waals surface area contributed by atoms with E-state index in [0.717, 1.165) is 11.1 Å². The van der Waals surface area contributed by atoms with Crippen LogP contribution in [0.15, 0.2) is 34.7 Å². The van der Waals surface area contributed by atoms with Crippen molar-refractivity contribution in [2.75, 3.05) is 6.61 Å². The van der Waals surface area contributed by atoms with Crippen LogP contribution in [-0.2, 0) is 4.74 Å². The second-order valence-electron chi connectivity index (χ2n) is 7.02. The molecule has 0 aliphatic carbocycles. The first-order valence-corrected chi connectivity index (χ1v) is 8.29. The van der Waals surface area contributed by atoms with Gasteiger partial charge in [0.2, 0.25) is 0 Å². The van der Waals surface area contributed by atoms with Gasteiger partial charge in [0.1, 0.15) is 17.1 Å². The fourth-order valence-corrected chi connectivity index (χ4v) is 2.51. The summed E-state index contributed by atoms with van der Waals surface area (Å²) in [4.78, 5) is 12.0. The summed E-state index contributed by atoms with van der Waals surface area (Å²) in [7, 11) is 0. The number of aryl methyl sites for hydroxylation is 2. The zero-order chi connectivity index (χ0) is 17.9. The Kier molecular flexibility index (Phi) is 5.33. The van der Waals surface area contributed by atoms with E-state index in [9.17, 15) is 4.79 Å². The quantitative estimate of drug-likeness (QED) is 0.681. The molecule has 2 rings (SSSR count). The van der Waals surface area contributed by atoms with Crippen molar-refractivity contribution < 1.29 is 13.9 Å². The lowest BCUT2D eigenvalue weighted by atomic mass is 9.83. The fourth-order valence-electron chi connectivity index (χ4n) is 2.51. The first-order valence-electron chi connectivity index (χ1n) is 8.29. The van der Waals surface area contributed by atoms with Crippen molar-refractivity contribution in [3.05, 3.63) is 58.5 Å². The monoisotopic (exact) mass is 326 g/mol. The van der Waals surface area contributed by atoms with E-state index in [2.05, 4.69) is 58.0 Å². The molecule has 1 aromatic heterocycles. The van der Waals surface area contributed by atoms with Gasteiger partial charge in [-0.1, -0.05) is 50.6 Å². The third-order valence-electron chi connectivity index (χ3n) is 3.87. The molecule has 0 saturated carbocycles. The molecule has 128 valence electrons. The van der Waals surface area contributed by atoms with E-state index < -0.39 is 0 Å². The maximum atomic E-state index is 12.0. The molecule has 0 spiro atoms. The third kappa shape index (κ3) is 4.16. The lowest BCUT2D eigenvalue weighted by Crippen LogP contribution is -2.08. The first-order chi connectivity index (χ1) is 11.2. The molecule has 0 fully saturated rings. The van der Waals surface area contributed by atoms with E-state index in [1.807, 2.05) is 0 Å². The number of carbonyl (C=O) groups excluding carboxylic acids is 1. The Labute approximate surface area is 144 Å². The van der Waals surface area contributed by atoms with Crippen LogP contribution in [0.3, 0.4) is 0 Å². The number of allylic oxidation sites excluding steroid dienone is 1. The molecule has 0 radical (unpaired) electrons. The molecule has 0 amide bonds. The number of hydrogen-bond acceptors (Lipinski definition) is 3. The third-order valence-corrected chi connectivity index (χ3v) is 3.87. The molecule has 0 atom stereocenters. The largest absolute Gasteiger partial charge is 0.462 e. The number of rotatable bonds is 4. The molecule has 3 heteroatoms. The number of benzene rings is 1. The van der Waals surface area contributed by atoms with Crippen LogP contribution in [-0.4, -0.2) is 12.6 Å². The van der Waals surface area contributed by atoms with Crippen molar-refractivity contribution in [3.63, 3.8) is 0 Å². The van der Waals surface area contributed by atoms with Crippen molar-refractivity contribution in [1.82, 2.24) is 0 Å². The lowest BCUT2D eigenvalue weighted by Gasteiger charge is -2.21. The Bertz CT molecular complexity index is 740. The van der Waals surface area contributed by atoms with E-state index >= 15 is 0 Å². The highest BCUT2D eigenvalue weighted by molar-refractivity contribution is 5.92. The maximum Gasteiger partial charge on any atom is 0.341 e. The Morgan fingerprint density at radius 2 is 1.79 bits per heavy atom. The van der Waals surface area contributed by atoms with Gasteiger partial charge < -0.3 is 9.15 Å². The second kappa shape index (κ2) is 7.08. The van der Waals surface area contributed by atoms with Crippen LogP contribution in [0.2, 0.25) is 0 Å². The van der Waals surface area contributed by atoms with Gasteiger partial charge in [-0.15, -0.1) is 0 Å². The molecule has 1 aromatic carbocycles. The van der Waals surface area contributed by atoms with Gasteiger partial charge in [0.05, 0.1) is 6.61 Å². The molecule has 3 nitrogen and oxygen atoms in total. The summed E-state index contributed by atoms with van der Waals surface area (Å²) >= 11 is 0. The van der Waals surface area contributed by atoms with Gasteiger partial charge in [0, 0.05) is 5.57 Å². The van der Waals surface area contributed by atoms with E-state index in [-0.39, 0.29) is 11.4 Å². The smallest absolute Gasteiger partial charge is 0.341 e. The maximum absolute atomic E-state index is 12.0. The van der Waals surface area contributed by atoms with E-state index in [0.29, 0.717) is 23.7 Å². The van der Waals surface area contributed by atoms with Crippen LogP contribution < -0.4 is 0 Å². The average Bonchev–Trinajstić information content (AvgIpc) is 2.87. The highest BCUT2D eigenvalue weighted by atomic mass is 16.5. The molecule has 0 aliphatic rings. The SMILES string of the molecule is CCOC(=O)c1cc(/C(=C\c2ccc(C)cc2)C(C)(C)C)oc1C. The molecular formula is C21H26O3. The normalized spacial score (nSPS) is 12.3. The van der Waals surface area contributed by atoms with Crippen LogP contribution in [0, 0.1) is 19.3 Å². The summed E-state index contributed by atoms with van der Waals surface area (Å²) in [6.45, 7) is 12.4. The molecule has 2 aromatic rings. The van der Waals surface area contributed by atoms with Gasteiger partial charge in [-0.05, 0) is 43.9 Å². The van der Waals surface area contributed by atoms with Crippen molar-refractivity contribution in [3.8, 4) is 0 Å². The molecule has 0 unspecified atom stereocenters. The van der Waals surface area contributed by atoms with Gasteiger partial charge in [-0.2, -0.15) is 0 Å². The Balaban J connectivity index is 2.48. The predicted molar refractivity (Wildman–Crippen MR) is 97.9 cm³/mol. The van der Waals surface area contributed by atoms with E-state index in [1.54, 1.807) is 19.9 Å². The summed E-state index contributed by atoms with van der Waals surface area (Å²) in [6.07, 6.45) is 2.12. The second-order valence-corrected chi connectivity index (χ2v) is 7.02. The van der Waals surface area contributed by atoms with Gasteiger partial charge in [0.15, 0.2) is 0 Å². The summed E-state index contributed by atoms with van der Waals surface area (Å²) in [5.74, 6) is 0.958. The predicted octanol–water partition coefficient (Wildman–Crippen LogP) is 5.66. The summed E-state index contributed by atoms with van der Waals surface area (Å²) < 4.78 is 11.0. The molecule has 24 heavy (non-hydrogen) atoms. The van der Waals surface area contributed by atoms with Crippen LogP contribution in [0.1, 0.15) is 60.7 Å². The highest BCUT2D eigenvalue weighted by Crippen LogP contribution is 2.37. The zero-order valence-electron chi connectivity index (χ0n) is 15.4. The average molecular weight is 326 g/mol. The number of hydrogen-bond donors (Lipinski definition) is 0. The van der Waals surface area contributed by atoms with Crippen LogP contribution >= 0.6 is 0 Å². The van der Waals surface area contributed by atoms with Gasteiger partial charge in [0.25, 0.3) is 0 Å². The first kappa shape index (κ1) is 18.1. The van der Waals surface area contributed by atoms with Gasteiger partial charge in [-0.3, -0.25) is 0 Å². The highest BCUT2D eigenvalue weighted by Gasteiger charge is 2.25. The minimum absolute atomic E-state index is 0.124. The molecule has 0 aliphatic heterocycles. The minimum atomic E-state index is -0.339. The van der Waals surface area contributed by atoms with Crippen molar-refractivity contribution in [2.45, 2.75) is 41.5 Å².